The molecule has 4 amide bonds. The van der Waals surface area contributed by atoms with Crippen LogP contribution in [0.4, 0.5) is 27.1 Å². The van der Waals surface area contributed by atoms with Gasteiger partial charge >= 0.3 is 0 Å². The smallest absolute Gasteiger partial charge is 0.292 e. The van der Waals surface area contributed by atoms with E-state index in [0.29, 0.717) is 13.1 Å². The van der Waals surface area contributed by atoms with Crippen molar-refractivity contribution in [1.29, 1.82) is 0 Å². The number of nitrogens with zero attached hydrogens (tertiary/aromatic N) is 5. The van der Waals surface area contributed by atoms with Gasteiger partial charge in [0.25, 0.3) is 17.5 Å². The van der Waals surface area contributed by atoms with E-state index in [4.69, 9.17) is 5.73 Å². The predicted molar refractivity (Wildman–Crippen MR) is 154 cm³/mol. The van der Waals surface area contributed by atoms with Crippen molar-refractivity contribution in [3.05, 3.63) is 57.4 Å². The lowest BCUT2D eigenvalue weighted by atomic mass is 9.96. The van der Waals surface area contributed by atoms with Gasteiger partial charge in [-0.2, -0.15) is 0 Å². The molecule has 14 heteroatoms. The number of hydrogen-bond acceptors (Lipinski definition) is 10. The third-order valence-electron chi connectivity index (χ3n) is 8.83. The maximum Gasteiger partial charge on any atom is 0.292 e. The van der Waals surface area contributed by atoms with E-state index < -0.39 is 40.4 Å². The van der Waals surface area contributed by atoms with E-state index in [9.17, 15) is 29.3 Å². The predicted octanol–water partition coefficient (Wildman–Crippen LogP) is 1.76. The fourth-order valence-corrected chi connectivity index (χ4v) is 6.61. The number of carbonyl (C=O) groups excluding carboxylic acids is 4. The van der Waals surface area contributed by atoms with Crippen LogP contribution in [0.3, 0.4) is 0 Å². The summed E-state index contributed by atoms with van der Waals surface area (Å²) in [7, 11) is 0. The van der Waals surface area contributed by atoms with Crippen molar-refractivity contribution in [3.8, 4) is 0 Å². The van der Waals surface area contributed by atoms with Gasteiger partial charge in [-0.15, -0.1) is 0 Å². The molecule has 4 heterocycles. The molecule has 0 aliphatic carbocycles. The van der Waals surface area contributed by atoms with Crippen molar-refractivity contribution in [3.63, 3.8) is 0 Å². The molecule has 0 radical (unpaired) electrons. The van der Waals surface area contributed by atoms with E-state index in [2.05, 4.69) is 15.1 Å². The molecule has 4 aliphatic rings. The molecule has 3 saturated heterocycles. The number of anilines is 3. The first-order valence-corrected chi connectivity index (χ1v) is 14.4. The molecule has 43 heavy (non-hydrogen) atoms. The summed E-state index contributed by atoms with van der Waals surface area (Å²) in [4.78, 5) is 68.0. The largest absolute Gasteiger partial charge is 0.393 e. The van der Waals surface area contributed by atoms with Crippen molar-refractivity contribution in [2.75, 3.05) is 61.3 Å². The third-order valence-corrected chi connectivity index (χ3v) is 8.83. The number of nitrogens with two attached hydrogens (primary N) is 1. The van der Waals surface area contributed by atoms with E-state index in [-0.39, 0.29) is 46.9 Å². The van der Waals surface area contributed by atoms with Gasteiger partial charge in [0, 0.05) is 64.0 Å². The summed E-state index contributed by atoms with van der Waals surface area (Å²) in [6.45, 7) is 5.11. The van der Waals surface area contributed by atoms with Gasteiger partial charge in [0.1, 0.15) is 17.5 Å². The summed E-state index contributed by atoms with van der Waals surface area (Å²) in [5.74, 6) is -2.88. The summed E-state index contributed by atoms with van der Waals surface area (Å²) < 4.78 is 15.4. The fourth-order valence-electron chi connectivity index (χ4n) is 6.61. The van der Waals surface area contributed by atoms with Crippen LogP contribution in [-0.4, -0.2) is 90.2 Å². The van der Waals surface area contributed by atoms with Gasteiger partial charge in [0.15, 0.2) is 0 Å². The molecule has 4 aliphatic heterocycles. The normalized spacial score (nSPS) is 23.0. The summed E-state index contributed by atoms with van der Waals surface area (Å²) in [6, 6.07) is 6.20. The number of nitro benzene ring substituents is 1. The molecule has 13 nitrogen and oxygen atoms in total. The number of halogens is 1. The highest BCUT2D eigenvalue weighted by Crippen LogP contribution is 2.34. The molecular formula is C29H32FN7O6. The van der Waals surface area contributed by atoms with Crippen LogP contribution in [0.5, 0.6) is 0 Å². The lowest BCUT2D eigenvalue weighted by molar-refractivity contribution is -0.383. The monoisotopic (exact) mass is 593 g/mol. The minimum Gasteiger partial charge on any atom is -0.393 e. The number of piperazine rings is 1. The first-order chi connectivity index (χ1) is 20.6. The molecule has 2 aromatic rings. The number of piperidine rings is 2. The molecule has 2 atom stereocenters. The van der Waals surface area contributed by atoms with Gasteiger partial charge in [-0.25, -0.2) is 4.39 Å². The van der Waals surface area contributed by atoms with Crippen LogP contribution in [0.2, 0.25) is 0 Å². The maximum atomic E-state index is 15.4. The molecule has 2 unspecified atom stereocenters. The molecule has 3 N–H and O–H groups in total. The van der Waals surface area contributed by atoms with E-state index in [1.807, 2.05) is 4.90 Å². The Morgan fingerprint density at radius 1 is 0.953 bits per heavy atom. The molecule has 6 rings (SSSR count). The molecule has 0 bridgehead atoms. The Morgan fingerprint density at radius 2 is 1.67 bits per heavy atom. The van der Waals surface area contributed by atoms with Crippen LogP contribution in [0, 0.1) is 21.8 Å². The highest BCUT2D eigenvalue weighted by molar-refractivity contribution is 6.23. The lowest BCUT2D eigenvalue weighted by Gasteiger charge is -2.40. The average molecular weight is 594 g/mol. The first kappa shape index (κ1) is 28.5. The number of fused-ring (bicyclic) bond motifs is 1. The van der Waals surface area contributed by atoms with Gasteiger partial charge < -0.3 is 15.5 Å². The highest BCUT2D eigenvalue weighted by atomic mass is 19.1. The third kappa shape index (κ3) is 5.38. The number of nitro groups is 1. The van der Waals surface area contributed by atoms with Crippen LogP contribution in [0.15, 0.2) is 30.3 Å². The highest BCUT2D eigenvalue weighted by Gasteiger charge is 2.45. The van der Waals surface area contributed by atoms with Gasteiger partial charge in [-0.1, -0.05) is 0 Å². The standard InChI is InChI=1S/C29H32FN7O6/c30-21-13-19-20(29(41)36(28(19)40)24-5-6-26(38)32-27(24)39)14-25(21)35-7-1-2-17(16-35)15-33-8-10-34(11-9-33)18-3-4-23(37(42)43)22(31)12-18/h3-4,12-14,17,24H,1-2,5-11,15-16,31H2,(H,32,38,39). The Kier molecular flexibility index (Phi) is 7.46. The number of amides is 4. The minimum absolute atomic E-state index is 0.0132. The molecule has 0 aromatic heterocycles. The SMILES string of the molecule is Nc1cc(N2CCN(CC3CCCN(c4cc5c(cc4F)C(=O)N(C4CCC(=O)NC4=O)C5=O)C3)CC2)ccc1[N+](=O)[O-]. The van der Waals surface area contributed by atoms with Gasteiger partial charge in [-0.05, 0) is 49.4 Å². The lowest BCUT2D eigenvalue weighted by Crippen LogP contribution is -2.54. The number of carbonyl (C=O) groups is 4. The van der Waals surface area contributed by atoms with Crippen molar-refractivity contribution in [2.45, 2.75) is 31.7 Å². The molecule has 3 fully saturated rings. The zero-order chi connectivity index (χ0) is 30.4. The van der Waals surface area contributed by atoms with E-state index in [0.717, 1.165) is 62.2 Å². The minimum atomic E-state index is -1.10. The maximum absolute atomic E-state index is 15.4. The molecule has 2 aromatic carbocycles. The van der Waals surface area contributed by atoms with Crippen LogP contribution < -0.4 is 20.9 Å². The van der Waals surface area contributed by atoms with Crippen molar-refractivity contribution in [1.82, 2.24) is 15.1 Å². The van der Waals surface area contributed by atoms with Gasteiger partial charge in [0.05, 0.1) is 21.7 Å². The molecule has 0 saturated carbocycles. The number of nitrogens with one attached hydrogen (secondary N) is 1. The van der Waals surface area contributed by atoms with E-state index in [1.165, 1.54) is 12.1 Å². The van der Waals surface area contributed by atoms with Crippen molar-refractivity contribution >= 4 is 46.4 Å². The molecular weight excluding hydrogens is 561 g/mol. The number of rotatable bonds is 6. The number of nitrogen functional groups attached to an aromatic ring is 1. The van der Waals surface area contributed by atoms with E-state index in [1.54, 1.807) is 12.1 Å². The molecule has 226 valence electrons. The Balaban J connectivity index is 1.09. The summed E-state index contributed by atoms with van der Waals surface area (Å²) in [5, 5.41) is 13.2. The summed E-state index contributed by atoms with van der Waals surface area (Å²) >= 11 is 0. The fraction of sp³-hybridized carbons (Fsp3) is 0.448. The zero-order valence-electron chi connectivity index (χ0n) is 23.5. The number of imide groups is 2. The Morgan fingerprint density at radius 3 is 2.35 bits per heavy atom. The number of benzene rings is 2. The Bertz CT molecular complexity index is 1520. The number of hydrogen-bond donors (Lipinski definition) is 2. The molecule has 0 spiro atoms. The van der Waals surface area contributed by atoms with Crippen LogP contribution in [-0.2, 0) is 9.59 Å². The first-order valence-electron chi connectivity index (χ1n) is 14.4. The van der Waals surface area contributed by atoms with Crippen molar-refractivity contribution in [2.24, 2.45) is 5.92 Å². The average Bonchev–Trinajstić information content (AvgIpc) is 3.21. The van der Waals surface area contributed by atoms with Gasteiger partial charge in [0.2, 0.25) is 11.8 Å². The van der Waals surface area contributed by atoms with Crippen LogP contribution in [0.1, 0.15) is 46.4 Å². The summed E-state index contributed by atoms with van der Waals surface area (Å²) in [6.07, 6.45) is 1.87. The second-order valence-electron chi connectivity index (χ2n) is 11.5. The Labute approximate surface area is 246 Å². The Hall–Kier alpha value is -4.59. The second-order valence-corrected chi connectivity index (χ2v) is 11.5. The summed E-state index contributed by atoms with van der Waals surface area (Å²) in [5.41, 5.74) is 7.01. The van der Waals surface area contributed by atoms with E-state index >= 15 is 4.39 Å². The quantitative estimate of drug-likeness (QED) is 0.218. The topological polar surface area (TPSA) is 162 Å². The second kappa shape index (κ2) is 11.2. The van der Waals surface area contributed by atoms with Crippen LogP contribution in [0.25, 0.3) is 0 Å². The zero-order valence-corrected chi connectivity index (χ0v) is 23.5. The van der Waals surface area contributed by atoms with Gasteiger partial charge in [-0.3, -0.25) is 44.4 Å². The van der Waals surface area contributed by atoms with Crippen LogP contribution >= 0.6 is 0 Å². The van der Waals surface area contributed by atoms with Crippen molar-refractivity contribution < 1.29 is 28.5 Å².